The molecule has 1 atom stereocenters. The van der Waals surface area contributed by atoms with Crippen molar-refractivity contribution in [2.24, 2.45) is 5.92 Å². The number of carboxylic acid groups (broad SMARTS) is 1. The molecule has 268 valence electrons. The highest BCUT2D eigenvalue weighted by Gasteiger charge is 2.27. The molecule has 1 unspecified atom stereocenters. The monoisotopic (exact) mass is 732 g/mol. The van der Waals surface area contributed by atoms with Crippen molar-refractivity contribution in [3.63, 3.8) is 0 Å². The zero-order valence-corrected chi connectivity index (χ0v) is 29.9. The fourth-order valence-electron chi connectivity index (χ4n) is 7.08. The molecule has 2 N–H and O–H groups in total. The predicted molar refractivity (Wildman–Crippen MR) is 194 cm³/mol. The lowest BCUT2D eigenvalue weighted by atomic mass is 9.83. The average molecular weight is 733 g/mol. The minimum Gasteiger partial charge on any atom is -0.489 e. The highest BCUT2D eigenvalue weighted by molar-refractivity contribution is 7.89. The normalized spacial score (nSPS) is 16.8. The Bertz CT molecular complexity index is 1940. The number of carbonyl (C=O) groups is 2. The van der Waals surface area contributed by atoms with Gasteiger partial charge in [0.05, 0.1) is 4.90 Å². The number of hydrogen-bond donors (Lipinski definition) is 2. The Morgan fingerprint density at radius 3 is 2.29 bits per heavy atom. The number of aryl methyl sites for hydroxylation is 1. The first kappa shape index (κ1) is 36.7. The van der Waals surface area contributed by atoms with E-state index in [4.69, 9.17) is 16.3 Å². The molecule has 4 aromatic carbocycles. The fraction of sp³-hybridized carbons (Fsp3) is 0.350. The average Bonchev–Trinajstić information content (AvgIpc) is 3.12. The molecule has 1 aliphatic heterocycles. The molecule has 0 aromatic heterocycles. The summed E-state index contributed by atoms with van der Waals surface area (Å²) in [6.07, 6.45) is 4.61. The molecule has 6 rings (SSSR count). The number of likely N-dealkylation sites (tertiary alicyclic amines) is 1. The van der Waals surface area contributed by atoms with Crippen molar-refractivity contribution in [1.29, 1.82) is 0 Å². The molecule has 0 radical (unpaired) electrons. The van der Waals surface area contributed by atoms with E-state index >= 15 is 0 Å². The van der Waals surface area contributed by atoms with Gasteiger partial charge in [0.15, 0.2) is 5.78 Å². The molecule has 2 aliphatic rings. The second-order valence-electron chi connectivity index (χ2n) is 13.5. The van der Waals surface area contributed by atoms with Crippen molar-refractivity contribution in [2.45, 2.75) is 68.9 Å². The second kappa shape index (κ2) is 16.5. The first-order valence-electron chi connectivity index (χ1n) is 17.4. The van der Waals surface area contributed by atoms with Gasteiger partial charge in [-0.25, -0.2) is 17.5 Å². The van der Waals surface area contributed by atoms with E-state index in [2.05, 4.69) is 21.8 Å². The number of sulfonamides is 1. The van der Waals surface area contributed by atoms with Crippen LogP contribution in [-0.2, 0) is 47.1 Å². The minimum atomic E-state index is -3.73. The summed E-state index contributed by atoms with van der Waals surface area (Å²) in [6.45, 7) is 2.88. The van der Waals surface area contributed by atoms with Crippen LogP contribution in [0.2, 0.25) is 5.02 Å². The van der Waals surface area contributed by atoms with Gasteiger partial charge >= 0.3 is 5.97 Å². The van der Waals surface area contributed by atoms with Gasteiger partial charge in [-0.3, -0.25) is 9.59 Å². The summed E-state index contributed by atoms with van der Waals surface area (Å²) in [5.74, 6) is -0.413. The number of Topliss-reactive ketones (excluding diaryl/α,β-unsaturated/α-hetero) is 1. The van der Waals surface area contributed by atoms with Gasteiger partial charge in [-0.2, -0.15) is 0 Å². The summed E-state index contributed by atoms with van der Waals surface area (Å²) in [7, 11) is -3.73. The molecule has 4 aromatic rings. The van der Waals surface area contributed by atoms with Crippen LogP contribution in [0.4, 0.5) is 4.39 Å². The number of carbonyl (C=O) groups excluding carboxylic acids is 1. The van der Waals surface area contributed by atoms with E-state index in [1.54, 1.807) is 24.3 Å². The molecule has 0 bridgehead atoms. The maximum atomic E-state index is 13.2. The van der Waals surface area contributed by atoms with Gasteiger partial charge in [-0.05, 0) is 147 Å². The smallest absolute Gasteiger partial charge is 0.303 e. The first-order valence-corrected chi connectivity index (χ1v) is 19.3. The van der Waals surface area contributed by atoms with Gasteiger partial charge in [0.2, 0.25) is 10.0 Å². The number of piperidine rings is 1. The number of carboxylic acids is 1. The zero-order valence-electron chi connectivity index (χ0n) is 28.3. The molecular formula is C40H42ClFN2O6S. The second-order valence-corrected chi connectivity index (χ2v) is 15.6. The molecule has 1 fully saturated rings. The van der Waals surface area contributed by atoms with Crippen molar-refractivity contribution < 1.29 is 32.2 Å². The van der Waals surface area contributed by atoms with Crippen molar-refractivity contribution in [1.82, 2.24) is 9.62 Å². The SMILES string of the molecule is O=C(O)CCc1cc(COc2ccc(CCN3CCC(C(=O)c4ccc(F)cc4)CC3)cc2)cc2c1CCC(NS(=O)(=O)c1ccc(Cl)cc1)C2. The number of rotatable bonds is 14. The van der Waals surface area contributed by atoms with Gasteiger partial charge in [-0.15, -0.1) is 0 Å². The lowest BCUT2D eigenvalue weighted by Crippen LogP contribution is -2.39. The van der Waals surface area contributed by atoms with Crippen LogP contribution >= 0.6 is 11.6 Å². The van der Waals surface area contributed by atoms with E-state index in [1.165, 1.54) is 29.8 Å². The zero-order chi connectivity index (χ0) is 36.0. The van der Waals surface area contributed by atoms with Crippen LogP contribution in [0.25, 0.3) is 0 Å². The predicted octanol–water partition coefficient (Wildman–Crippen LogP) is 7.05. The Labute approximate surface area is 303 Å². The molecule has 8 nitrogen and oxygen atoms in total. The Morgan fingerprint density at radius 1 is 0.902 bits per heavy atom. The van der Waals surface area contributed by atoms with Gasteiger partial charge in [0.25, 0.3) is 0 Å². The number of ketones is 1. The Morgan fingerprint density at radius 2 is 1.61 bits per heavy atom. The topological polar surface area (TPSA) is 113 Å². The van der Waals surface area contributed by atoms with Crippen LogP contribution in [0, 0.1) is 11.7 Å². The lowest BCUT2D eigenvalue weighted by molar-refractivity contribution is -0.136. The summed E-state index contributed by atoms with van der Waals surface area (Å²) in [5, 5.41) is 9.83. The quantitative estimate of drug-likeness (QED) is 0.134. The van der Waals surface area contributed by atoms with Gasteiger partial charge < -0.3 is 14.7 Å². The maximum absolute atomic E-state index is 13.2. The van der Waals surface area contributed by atoms with E-state index in [9.17, 15) is 27.5 Å². The molecule has 51 heavy (non-hydrogen) atoms. The Kier molecular flexibility index (Phi) is 11.9. The highest BCUT2D eigenvalue weighted by Crippen LogP contribution is 2.30. The van der Waals surface area contributed by atoms with Crippen LogP contribution in [0.1, 0.15) is 63.9 Å². The number of aliphatic carboxylic acids is 1. The van der Waals surface area contributed by atoms with E-state index in [-0.39, 0.29) is 34.9 Å². The third kappa shape index (κ3) is 9.83. The maximum Gasteiger partial charge on any atom is 0.303 e. The summed E-state index contributed by atoms with van der Waals surface area (Å²) < 4.78 is 48.4. The van der Waals surface area contributed by atoms with Gasteiger partial charge in [0, 0.05) is 35.5 Å². The molecular weight excluding hydrogens is 691 g/mol. The Hall–Kier alpha value is -4.09. The number of halogens is 2. The molecule has 11 heteroatoms. The largest absolute Gasteiger partial charge is 0.489 e. The summed E-state index contributed by atoms with van der Waals surface area (Å²) in [4.78, 5) is 26.8. The van der Waals surface area contributed by atoms with Crippen LogP contribution in [0.3, 0.4) is 0 Å². The lowest BCUT2D eigenvalue weighted by Gasteiger charge is -2.31. The number of nitrogens with one attached hydrogen (secondary N) is 1. The fourth-order valence-corrected chi connectivity index (χ4v) is 8.48. The standard InChI is InChI=1S/C40H42ClFN2O6S/c41-33-6-13-37(14-7-33)51(48,49)43-35-10-15-38-31(5-16-39(45)46)23-28(24-32(38)25-35)26-50-36-11-1-27(2-12-36)17-20-44-21-18-30(19-22-44)40(47)29-3-8-34(42)9-4-29/h1-4,6-9,11-14,23-24,30,35,43H,5,10,15-22,25-26H2,(H,45,46). The first-order chi connectivity index (χ1) is 24.5. The number of benzene rings is 4. The van der Waals surface area contributed by atoms with E-state index in [0.717, 1.165) is 66.9 Å². The number of nitrogens with zero attached hydrogens (tertiary/aromatic N) is 1. The summed E-state index contributed by atoms with van der Waals surface area (Å²) in [5.41, 5.74) is 5.73. The van der Waals surface area contributed by atoms with Crippen LogP contribution in [0.15, 0.2) is 89.8 Å². The third-order valence-corrected chi connectivity index (χ3v) is 11.7. The third-order valence-electron chi connectivity index (χ3n) is 9.89. The van der Waals surface area contributed by atoms with E-state index in [1.807, 2.05) is 24.3 Å². The molecule has 0 saturated carbocycles. The molecule has 1 aliphatic carbocycles. The van der Waals surface area contributed by atoms with Gasteiger partial charge in [-0.1, -0.05) is 35.9 Å². The van der Waals surface area contributed by atoms with Crippen molar-refractivity contribution >= 4 is 33.4 Å². The van der Waals surface area contributed by atoms with Crippen LogP contribution in [0.5, 0.6) is 5.75 Å². The highest BCUT2D eigenvalue weighted by atomic mass is 35.5. The van der Waals surface area contributed by atoms with Crippen molar-refractivity contribution in [3.05, 3.63) is 129 Å². The minimum absolute atomic E-state index is 0.0109. The van der Waals surface area contributed by atoms with Gasteiger partial charge in [0.1, 0.15) is 18.2 Å². The number of ether oxygens (including phenoxy) is 1. The van der Waals surface area contributed by atoms with Crippen molar-refractivity contribution in [3.8, 4) is 5.75 Å². The van der Waals surface area contributed by atoms with E-state index < -0.39 is 16.0 Å². The number of hydrogen-bond acceptors (Lipinski definition) is 6. The summed E-state index contributed by atoms with van der Waals surface area (Å²) >= 11 is 5.95. The van der Waals surface area contributed by atoms with E-state index in [0.29, 0.717) is 42.9 Å². The summed E-state index contributed by atoms with van der Waals surface area (Å²) in [6, 6.07) is 23.7. The van der Waals surface area contributed by atoms with Crippen LogP contribution < -0.4 is 9.46 Å². The van der Waals surface area contributed by atoms with Crippen LogP contribution in [-0.4, -0.2) is 55.9 Å². The Balaban J connectivity index is 1.03. The van der Waals surface area contributed by atoms with Crippen molar-refractivity contribution in [2.75, 3.05) is 19.6 Å². The molecule has 1 saturated heterocycles. The number of fused-ring (bicyclic) bond motifs is 1. The molecule has 1 heterocycles. The molecule has 0 spiro atoms. The molecule has 0 amide bonds.